The van der Waals surface area contributed by atoms with E-state index in [-0.39, 0.29) is 18.1 Å². The van der Waals surface area contributed by atoms with Crippen molar-refractivity contribution in [3.8, 4) is 5.75 Å². The summed E-state index contributed by atoms with van der Waals surface area (Å²) in [7, 11) is 0. The first-order valence-electron chi connectivity index (χ1n) is 5.10. The first-order chi connectivity index (χ1) is 7.99. The predicted octanol–water partition coefficient (Wildman–Crippen LogP) is 2.30. The van der Waals surface area contributed by atoms with Crippen LogP contribution >= 0.6 is 0 Å². The molecule has 4 N–H and O–H groups in total. The molecular weight excluding hydrogens is 242 g/mol. The molecule has 0 atom stereocenters. The lowest BCUT2D eigenvalue weighted by atomic mass is 10.0. The van der Waals surface area contributed by atoms with Crippen LogP contribution in [0.1, 0.15) is 25.3 Å². The SMILES string of the molecule is CCCCc1c([O-])ccc([N+](=O)[O-])c1[N+](=O)[O-].[NH4+]. The molecule has 0 aromatic heterocycles. The summed E-state index contributed by atoms with van der Waals surface area (Å²) >= 11 is 0. The van der Waals surface area contributed by atoms with E-state index in [0.717, 1.165) is 18.6 Å². The van der Waals surface area contributed by atoms with E-state index in [0.29, 0.717) is 6.42 Å². The highest BCUT2D eigenvalue weighted by atomic mass is 16.6. The average molecular weight is 257 g/mol. The first-order valence-corrected chi connectivity index (χ1v) is 5.10. The molecule has 0 spiro atoms. The van der Waals surface area contributed by atoms with Crippen LogP contribution in [0.25, 0.3) is 0 Å². The van der Waals surface area contributed by atoms with Gasteiger partial charge in [0.05, 0.1) is 9.85 Å². The second-order valence-corrected chi connectivity index (χ2v) is 3.53. The normalized spacial score (nSPS) is 9.61. The maximum Gasteiger partial charge on any atom is 0.348 e. The second-order valence-electron chi connectivity index (χ2n) is 3.53. The highest BCUT2D eigenvalue weighted by molar-refractivity contribution is 5.62. The third-order valence-corrected chi connectivity index (χ3v) is 2.38. The first kappa shape index (κ1) is 15.8. The molecule has 100 valence electrons. The van der Waals surface area contributed by atoms with Crippen LogP contribution in [0.3, 0.4) is 0 Å². The van der Waals surface area contributed by atoms with Gasteiger partial charge in [-0.05, 0) is 12.8 Å². The van der Waals surface area contributed by atoms with E-state index in [4.69, 9.17) is 0 Å². The lowest BCUT2D eigenvalue weighted by Gasteiger charge is -2.12. The van der Waals surface area contributed by atoms with Crippen molar-refractivity contribution >= 4 is 11.4 Å². The minimum atomic E-state index is -0.857. The van der Waals surface area contributed by atoms with Crippen LogP contribution in [0.5, 0.6) is 5.75 Å². The van der Waals surface area contributed by atoms with Crippen molar-refractivity contribution in [2.45, 2.75) is 26.2 Å². The highest BCUT2D eigenvalue weighted by Gasteiger charge is 2.27. The molecule has 8 heteroatoms. The van der Waals surface area contributed by atoms with Crippen molar-refractivity contribution < 1.29 is 15.0 Å². The van der Waals surface area contributed by atoms with Crippen LogP contribution < -0.4 is 11.3 Å². The number of nitrogens with zero attached hydrogens (tertiary/aromatic N) is 2. The fourth-order valence-corrected chi connectivity index (χ4v) is 1.55. The maximum atomic E-state index is 11.5. The summed E-state index contributed by atoms with van der Waals surface area (Å²) < 4.78 is 0. The lowest BCUT2D eigenvalue weighted by Crippen LogP contribution is -2.05. The van der Waals surface area contributed by atoms with Gasteiger partial charge in [0.2, 0.25) is 0 Å². The van der Waals surface area contributed by atoms with E-state index in [1.54, 1.807) is 0 Å². The van der Waals surface area contributed by atoms with Crippen LogP contribution in [-0.4, -0.2) is 9.85 Å². The molecule has 0 saturated heterocycles. The molecule has 1 rings (SSSR count). The zero-order valence-corrected chi connectivity index (χ0v) is 10.2. The number of unbranched alkanes of at least 4 members (excludes halogenated alkanes) is 1. The Morgan fingerprint density at radius 1 is 1.17 bits per heavy atom. The van der Waals surface area contributed by atoms with E-state index in [2.05, 4.69) is 0 Å². The van der Waals surface area contributed by atoms with Gasteiger partial charge in [0.25, 0.3) is 0 Å². The Bertz CT molecular complexity index is 461. The Hall–Kier alpha value is -2.22. The zero-order chi connectivity index (χ0) is 13.0. The lowest BCUT2D eigenvalue weighted by molar-refractivity contribution is -0.423. The van der Waals surface area contributed by atoms with E-state index >= 15 is 0 Å². The van der Waals surface area contributed by atoms with Crippen LogP contribution in [0.15, 0.2) is 12.1 Å². The summed E-state index contributed by atoms with van der Waals surface area (Å²) in [4.78, 5) is 19.8. The van der Waals surface area contributed by atoms with Gasteiger partial charge in [-0.1, -0.05) is 25.2 Å². The van der Waals surface area contributed by atoms with Gasteiger partial charge in [-0.2, -0.15) is 0 Å². The predicted molar refractivity (Wildman–Crippen MR) is 63.8 cm³/mol. The van der Waals surface area contributed by atoms with Crippen LogP contribution in [0, 0.1) is 20.2 Å². The highest BCUT2D eigenvalue weighted by Crippen LogP contribution is 2.35. The van der Waals surface area contributed by atoms with Crippen molar-refractivity contribution in [3.05, 3.63) is 37.9 Å². The molecule has 0 amide bonds. The number of hydrogen-bond donors (Lipinski definition) is 1. The van der Waals surface area contributed by atoms with Gasteiger partial charge in [-0.15, -0.1) is 0 Å². The van der Waals surface area contributed by atoms with E-state index < -0.39 is 27.0 Å². The molecule has 0 saturated carbocycles. The summed E-state index contributed by atoms with van der Waals surface area (Å²) in [5, 5.41) is 33.0. The minimum absolute atomic E-state index is 0. The Labute approximate surface area is 103 Å². The fraction of sp³-hybridized carbons (Fsp3) is 0.400. The molecule has 0 aliphatic heterocycles. The zero-order valence-electron chi connectivity index (χ0n) is 10.2. The fourth-order valence-electron chi connectivity index (χ4n) is 1.55. The van der Waals surface area contributed by atoms with Gasteiger partial charge in [0.1, 0.15) is 0 Å². The summed E-state index contributed by atoms with van der Waals surface area (Å²) in [6.45, 7) is 1.87. The van der Waals surface area contributed by atoms with Gasteiger partial charge in [0, 0.05) is 11.6 Å². The van der Waals surface area contributed by atoms with Crippen molar-refractivity contribution in [2.24, 2.45) is 0 Å². The minimum Gasteiger partial charge on any atom is -0.872 e. The Kier molecular flexibility index (Phi) is 5.70. The molecule has 1 aromatic rings. The van der Waals surface area contributed by atoms with Crippen LogP contribution in [0.2, 0.25) is 0 Å². The molecule has 0 heterocycles. The van der Waals surface area contributed by atoms with Gasteiger partial charge in [-0.25, -0.2) is 0 Å². The van der Waals surface area contributed by atoms with Gasteiger partial charge >= 0.3 is 11.4 Å². The molecule has 18 heavy (non-hydrogen) atoms. The second kappa shape index (κ2) is 6.50. The average Bonchev–Trinajstić information content (AvgIpc) is 2.26. The Morgan fingerprint density at radius 3 is 2.22 bits per heavy atom. The van der Waals surface area contributed by atoms with Crippen molar-refractivity contribution in [1.82, 2.24) is 6.15 Å². The van der Waals surface area contributed by atoms with Gasteiger partial charge in [-0.3, -0.25) is 20.2 Å². The molecule has 0 bridgehead atoms. The summed E-state index contributed by atoms with van der Waals surface area (Å²) in [5.41, 5.74) is -1.37. The molecule has 1 aromatic carbocycles. The summed E-state index contributed by atoms with van der Waals surface area (Å²) in [6.07, 6.45) is 1.52. The topological polar surface area (TPSA) is 146 Å². The third kappa shape index (κ3) is 3.14. The summed E-state index contributed by atoms with van der Waals surface area (Å²) in [5.74, 6) is -0.518. The number of quaternary nitrogens is 1. The van der Waals surface area contributed by atoms with Crippen molar-refractivity contribution in [1.29, 1.82) is 0 Å². The van der Waals surface area contributed by atoms with Crippen molar-refractivity contribution in [3.63, 3.8) is 0 Å². The van der Waals surface area contributed by atoms with E-state index in [1.807, 2.05) is 6.92 Å². The molecule has 0 aliphatic rings. The molecule has 0 unspecified atom stereocenters. The molecule has 8 nitrogen and oxygen atoms in total. The van der Waals surface area contributed by atoms with Crippen LogP contribution in [-0.2, 0) is 6.42 Å². The number of hydrogen-bond acceptors (Lipinski definition) is 5. The van der Waals surface area contributed by atoms with Crippen molar-refractivity contribution in [2.75, 3.05) is 0 Å². The Balaban J connectivity index is 0.00000289. The largest absolute Gasteiger partial charge is 0.872 e. The van der Waals surface area contributed by atoms with Gasteiger partial charge < -0.3 is 11.3 Å². The van der Waals surface area contributed by atoms with E-state index in [9.17, 15) is 25.3 Å². The Morgan fingerprint density at radius 2 is 1.78 bits per heavy atom. The monoisotopic (exact) mass is 257 g/mol. The molecule has 0 radical (unpaired) electrons. The molecule has 0 fully saturated rings. The number of nitro benzene ring substituents is 2. The number of rotatable bonds is 5. The van der Waals surface area contributed by atoms with Gasteiger partial charge in [0.15, 0.2) is 0 Å². The standard InChI is InChI=1S/C10H12N2O5.H3N/c1-2-3-4-7-9(13)6-5-8(11(14)15)10(7)12(16)17;/h5-6,13H,2-4H2,1H3;1H3. The van der Waals surface area contributed by atoms with Crippen LogP contribution in [0.4, 0.5) is 11.4 Å². The number of nitro groups is 2. The summed E-state index contributed by atoms with van der Waals surface area (Å²) in [6, 6.07) is 1.89. The molecule has 0 aliphatic carbocycles. The quantitative estimate of drug-likeness (QED) is 0.634. The number of benzene rings is 1. The molecular formula is C10H15N3O5. The smallest absolute Gasteiger partial charge is 0.348 e. The third-order valence-electron chi connectivity index (χ3n) is 2.38. The van der Waals surface area contributed by atoms with E-state index in [1.165, 1.54) is 0 Å². The maximum absolute atomic E-state index is 11.5.